The summed E-state index contributed by atoms with van der Waals surface area (Å²) in [5.74, 6) is 2.39. The third kappa shape index (κ3) is 14.4. The molecule has 0 aliphatic heterocycles. The van der Waals surface area contributed by atoms with Crippen molar-refractivity contribution < 1.29 is 5.11 Å². The average Bonchev–Trinajstić information content (AvgIpc) is 2.21. The van der Waals surface area contributed by atoms with Gasteiger partial charge in [0, 0.05) is 11.5 Å². The summed E-state index contributed by atoms with van der Waals surface area (Å²) in [6.07, 6.45) is 3.79. The van der Waals surface area contributed by atoms with Gasteiger partial charge in [-0.25, -0.2) is 0 Å². The maximum atomic E-state index is 8.63. The summed E-state index contributed by atoms with van der Waals surface area (Å²) in [5.41, 5.74) is 0. The van der Waals surface area contributed by atoms with Crippen LogP contribution in [0.1, 0.15) is 0 Å². The summed E-state index contributed by atoms with van der Waals surface area (Å²) in [6, 6.07) is 8.71. The zero-order valence-corrected chi connectivity index (χ0v) is 9.04. The SMILES string of the molecule is C=CCSCC=C.Oc1ccccc1.[BaH2]. The van der Waals surface area contributed by atoms with Gasteiger partial charge in [0.25, 0.3) is 0 Å². The standard InChI is InChI=1S/C6H6O.C6H10S.Ba.2H/c7-6-4-2-1-3-5-6;1-3-5-7-6-4-2;;;/h1-5,7H;3-4H,1-2,5-6H2;;;. The molecule has 1 aromatic rings. The second kappa shape index (κ2) is 14.4. The molecule has 1 N–H and O–H groups in total. The molecule has 0 heterocycles. The van der Waals surface area contributed by atoms with Crippen molar-refractivity contribution >= 4 is 60.6 Å². The van der Waals surface area contributed by atoms with Crippen molar-refractivity contribution in [3.8, 4) is 5.75 Å². The van der Waals surface area contributed by atoms with Crippen LogP contribution in [0.25, 0.3) is 0 Å². The van der Waals surface area contributed by atoms with E-state index in [0.29, 0.717) is 5.75 Å². The van der Waals surface area contributed by atoms with Gasteiger partial charge in [0.2, 0.25) is 0 Å². The first-order valence-corrected chi connectivity index (χ1v) is 5.50. The van der Waals surface area contributed by atoms with Gasteiger partial charge >= 0.3 is 48.9 Å². The molecule has 0 aromatic heterocycles. The van der Waals surface area contributed by atoms with E-state index in [9.17, 15) is 0 Å². The van der Waals surface area contributed by atoms with Crippen molar-refractivity contribution in [3.05, 3.63) is 55.6 Å². The Balaban J connectivity index is 0. The van der Waals surface area contributed by atoms with E-state index >= 15 is 0 Å². The molecule has 15 heavy (non-hydrogen) atoms. The fourth-order valence-corrected chi connectivity index (χ4v) is 1.13. The van der Waals surface area contributed by atoms with Gasteiger partial charge in [-0.05, 0) is 12.1 Å². The van der Waals surface area contributed by atoms with Crippen LogP contribution in [-0.4, -0.2) is 65.5 Å². The zero-order chi connectivity index (χ0) is 10.6. The van der Waals surface area contributed by atoms with E-state index < -0.39 is 0 Å². The maximum absolute atomic E-state index is 8.63. The van der Waals surface area contributed by atoms with Crippen LogP contribution in [-0.2, 0) is 0 Å². The molecule has 0 radical (unpaired) electrons. The second-order valence-electron chi connectivity index (χ2n) is 2.45. The minimum atomic E-state index is 0. The predicted molar refractivity (Wildman–Crippen MR) is 74.4 cm³/mol. The molecule has 0 fully saturated rings. The topological polar surface area (TPSA) is 20.2 Å². The Bertz CT molecular complexity index is 241. The molecular weight excluding hydrogens is 330 g/mol. The molecule has 0 aliphatic rings. The summed E-state index contributed by atoms with van der Waals surface area (Å²) in [6.45, 7) is 7.15. The van der Waals surface area contributed by atoms with Crippen LogP contribution in [0.2, 0.25) is 0 Å². The third-order valence-corrected chi connectivity index (χ3v) is 2.17. The number of hydrogen-bond acceptors (Lipinski definition) is 2. The van der Waals surface area contributed by atoms with Crippen molar-refractivity contribution in [2.24, 2.45) is 0 Å². The van der Waals surface area contributed by atoms with Crippen LogP contribution in [0, 0.1) is 0 Å². The minimum absolute atomic E-state index is 0. The number of rotatable bonds is 4. The Morgan fingerprint density at radius 1 is 1.07 bits per heavy atom. The molecule has 0 saturated heterocycles. The fraction of sp³-hybridized carbons (Fsp3) is 0.167. The van der Waals surface area contributed by atoms with Crippen molar-refractivity contribution in [2.75, 3.05) is 11.5 Å². The second-order valence-corrected chi connectivity index (χ2v) is 3.53. The number of thioether (sulfide) groups is 1. The molecule has 0 amide bonds. The Kier molecular flexibility index (Phi) is 17.1. The molecule has 1 rings (SSSR count). The van der Waals surface area contributed by atoms with Crippen molar-refractivity contribution in [3.63, 3.8) is 0 Å². The number of hydrogen-bond donors (Lipinski definition) is 1. The molecule has 0 atom stereocenters. The van der Waals surface area contributed by atoms with Crippen LogP contribution < -0.4 is 0 Å². The summed E-state index contributed by atoms with van der Waals surface area (Å²) in [7, 11) is 0. The molecule has 1 nitrogen and oxygen atoms in total. The van der Waals surface area contributed by atoms with E-state index in [2.05, 4.69) is 13.2 Å². The van der Waals surface area contributed by atoms with Crippen LogP contribution in [0.15, 0.2) is 55.6 Å². The summed E-state index contributed by atoms with van der Waals surface area (Å²) >= 11 is 1.82. The normalized spacial score (nSPS) is 7.73. The van der Waals surface area contributed by atoms with Crippen molar-refractivity contribution in [1.82, 2.24) is 0 Å². The van der Waals surface area contributed by atoms with Gasteiger partial charge in [-0.3, -0.25) is 0 Å². The molecule has 0 bridgehead atoms. The number of benzene rings is 1. The van der Waals surface area contributed by atoms with E-state index in [0.717, 1.165) is 11.5 Å². The van der Waals surface area contributed by atoms with Gasteiger partial charge in [0.05, 0.1) is 0 Å². The Hall–Kier alpha value is 0.421. The summed E-state index contributed by atoms with van der Waals surface area (Å²) in [4.78, 5) is 0. The first kappa shape index (κ1) is 17.8. The average molecular weight is 348 g/mol. The number of phenolic OH excluding ortho intramolecular Hbond substituents is 1. The van der Waals surface area contributed by atoms with Crippen LogP contribution in [0.5, 0.6) is 5.75 Å². The van der Waals surface area contributed by atoms with Crippen molar-refractivity contribution in [1.29, 1.82) is 0 Å². The molecule has 1 aromatic carbocycles. The Morgan fingerprint density at radius 3 is 1.80 bits per heavy atom. The molecule has 0 unspecified atom stereocenters. The van der Waals surface area contributed by atoms with Crippen LogP contribution >= 0.6 is 11.8 Å². The monoisotopic (exact) mass is 348 g/mol. The molecule has 0 spiro atoms. The van der Waals surface area contributed by atoms with Gasteiger partial charge in [0.15, 0.2) is 0 Å². The van der Waals surface area contributed by atoms with E-state index in [4.69, 9.17) is 5.11 Å². The van der Waals surface area contributed by atoms with Gasteiger partial charge in [-0.2, -0.15) is 11.8 Å². The molecule has 3 heteroatoms. The van der Waals surface area contributed by atoms with Crippen LogP contribution in [0.3, 0.4) is 0 Å². The number of para-hydroxylation sites is 1. The molecule has 0 saturated carbocycles. The predicted octanol–water partition coefficient (Wildman–Crippen LogP) is 2.57. The Labute approximate surface area is 137 Å². The van der Waals surface area contributed by atoms with E-state index in [1.807, 2.05) is 30.0 Å². The van der Waals surface area contributed by atoms with E-state index in [1.165, 1.54) is 0 Å². The van der Waals surface area contributed by atoms with Gasteiger partial charge in [-0.15, -0.1) is 13.2 Å². The van der Waals surface area contributed by atoms with Gasteiger partial charge < -0.3 is 5.11 Å². The fourth-order valence-electron chi connectivity index (χ4n) is 0.663. The number of phenols is 1. The summed E-state index contributed by atoms with van der Waals surface area (Å²) < 4.78 is 0. The molecular formula is C12H18BaOS. The van der Waals surface area contributed by atoms with E-state index in [1.54, 1.807) is 24.3 Å². The zero-order valence-electron chi connectivity index (χ0n) is 8.23. The first-order valence-electron chi connectivity index (χ1n) is 4.34. The molecule has 0 aliphatic carbocycles. The summed E-state index contributed by atoms with van der Waals surface area (Å²) in [5, 5.41) is 8.63. The van der Waals surface area contributed by atoms with Crippen LogP contribution in [0.4, 0.5) is 0 Å². The quantitative estimate of drug-likeness (QED) is 0.513. The van der Waals surface area contributed by atoms with Crippen molar-refractivity contribution in [2.45, 2.75) is 0 Å². The Morgan fingerprint density at radius 2 is 1.53 bits per heavy atom. The first-order chi connectivity index (χ1) is 6.81. The number of aromatic hydroxyl groups is 1. The van der Waals surface area contributed by atoms with Gasteiger partial charge in [-0.1, -0.05) is 30.4 Å². The van der Waals surface area contributed by atoms with E-state index in [-0.39, 0.29) is 48.9 Å². The van der Waals surface area contributed by atoms with Gasteiger partial charge in [0.1, 0.15) is 5.75 Å². The third-order valence-electron chi connectivity index (χ3n) is 1.23. The molecule has 80 valence electrons.